The summed E-state index contributed by atoms with van der Waals surface area (Å²) in [6, 6.07) is 0. The van der Waals surface area contributed by atoms with Crippen LogP contribution in [0.1, 0.15) is 32.9 Å². The highest BCUT2D eigenvalue weighted by atomic mass is 16.6. The second kappa shape index (κ2) is 7.74. The number of carbonyl (C=O) groups is 1. The van der Waals surface area contributed by atoms with Gasteiger partial charge in [0.15, 0.2) is 0 Å². The first kappa shape index (κ1) is 17.7. The van der Waals surface area contributed by atoms with E-state index in [0.717, 1.165) is 31.7 Å². The van der Waals surface area contributed by atoms with Gasteiger partial charge in [-0.2, -0.15) is 0 Å². The molecular weight excluding hydrogens is 298 g/mol. The molecule has 8 heteroatoms. The molecule has 23 heavy (non-hydrogen) atoms. The Hall–Kier alpha value is -1.67. The second-order valence-corrected chi connectivity index (χ2v) is 6.91. The maximum Gasteiger partial charge on any atom is 0.410 e. The van der Waals surface area contributed by atoms with Gasteiger partial charge in [-0.25, -0.2) is 9.48 Å². The lowest BCUT2D eigenvalue weighted by atomic mass is 10.1. The predicted molar refractivity (Wildman–Crippen MR) is 84.7 cm³/mol. The lowest BCUT2D eigenvalue weighted by Crippen LogP contribution is -2.36. The van der Waals surface area contributed by atoms with Gasteiger partial charge in [0.1, 0.15) is 5.60 Å². The minimum atomic E-state index is -0.451. The molecule has 0 saturated carbocycles. The number of carbonyl (C=O) groups excluding carboxylic acids is 1. The predicted octanol–water partition coefficient (Wildman–Crippen LogP) is 0.617. The molecule has 1 aliphatic heterocycles. The van der Waals surface area contributed by atoms with Crippen LogP contribution in [0.25, 0.3) is 0 Å². The van der Waals surface area contributed by atoms with E-state index >= 15 is 0 Å². The highest BCUT2D eigenvalue weighted by molar-refractivity contribution is 5.68. The minimum Gasteiger partial charge on any atom is -0.444 e. The first-order chi connectivity index (χ1) is 10.9. The highest BCUT2D eigenvalue weighted by Crippen LogP contribution is 2.19. The molecule has 130 valence electrons. The number of likely N-dealkylation sites (tertiary alicyclic amines) is 1. The summed E-state index contributed by atoms with van der Waals surface area (Å²) in [4.78, 5) is 13.8. The van der Waals surface area contributed by atoms with Crippen molar-refractivity contribution in [1.82, 2.24) is 25.2 Å². The van der Waals surface area contributed by atoms with Gasteiger partial charge in [0.2, 0.25) is 0 Å². The Morgan fingerprint density at radius 2 is 2.30 bits per heavy atom. The van der Waals surface area contributed by atoms with Crippen molar-refractivity contribution in [3.63, 3.8) is 0 Å². The van der Waals surface area contributed by atoms with Crippen LogP contribution < -0.4 is 5.32 Å². The Kier molecular flexibility index (Phi) is 5.95. The molecule has 1 aromatic heterocycles. The van der Waals surface area contributed by atoms with Gasteiger partial charge in [-0.05, 0) is 33.1 Å². The maximum absolute atomic E-state index is 12.0. The maximum atomic E-state index is 12.0. The standard InChI is InChI=1S/C15H27N5O3/c1-15(2,3)23-14(22)19-5-4-12(10-19)8-16-9-13-11-20(6-7-21)18-17-13/h11-12,16,21H,4-10H2,1-3H3. The van der Waals surface area contributed by atoms with Crippen molar-refractivity contribution < 1.29 is 14.6 Å². The van der Waals surface area contributed by atoms with Gasteiger partial charge in [-0.1, -0.05) is 5.21 Å². The summed E-state index contributed by atoms with van der Waals surface area (Å²) in [6.07, 6.45) is 2.57. The van der Waals surface area contributed by atoms with E-state index in [9.17, 15) is 4.79 Å². The van der Waals surface area contributed by atoms with Crippen molar-refractivity contribution in [2.45, 2.75) is 45.9 Å². The van der Waals surface area contributed by atoms with E-state index in [0.29, 0.717) is 19.0 Å². The lowest BCUT2D eigenvalue weighted by Gasteiger charge is -2.24. The number of nitrogens with zero attached hydrogens (tertiary/aromatic N) is 4. The number of ether oxygens (including phenoxy) is 1. The summed E-state index contributed by atoms with van der Waals surface area (Å²) in [5, 5.41) is 20.2. The van der Waals surface area contributed by atoms with Gasteiger partial charge in [0.25, 0.3) is 0 Å². The topological polar surface area (TPSA) is 92.5 Å². The van der Waals surface area contributed by atoms with E-state index < -0.39 is 5.60 Å². The SMILES string of the molecule is CC(C)(C)OC(=O)N1CCC(CNCc2cn(CCO)nn2)C1. The first-order valence-electron chi connectivity index (χ1n) is 8.06. The molecule has 2 rings (SSSR count). The normalized spacial score (nSPS) is 18.4. The van der Waals surface area contributed by atoms with E-state index in [1.54, 1.807) is 9.58 Å². The van der Waals surface area contributed by atoms with Gasteiger partial charge in [0, 0.05) is 32.4 Å². The second-order valence-electron chi connectivity index (χ2n) is 6.91. The summed E-state index contributed by atoms with van der Waals surface area (Å²) in [5.74, 6) is 0.426. The molecule has 0 bridgehead atoms. The first-order valence-corrected chi connectivity index (χ1v) is 8.06. The molecule has 0 radical (unpaired) electrons. The van der Waals surface area contributed by atoms with E-state index in [4.69, 9.17) is 9.84 Å². The molecule has 2 N–H and O–H groups in total. The van der Waals surface area contributed by atoms with Crippen molar-refractivity contribution >= 4 is 6.09 Å². The van der Waals surface area contributed by atoms with Gasteiger partial charge in [-0.3, -0.25) is 0 Å². The summed E-state index contributed by atoms with van der Waals surface area (Å²) >= 11 is 0. The fourth-order valence-electron chi connectivity index (χ4n) is 2.53. The summed E-state index contributed by atoms with van der Waals surface area (Å²) in [5.41, 5.74) is 0.397. The highest BCUT2D eigenvalue weighted by Gasteiger charge is 2.29. The average molecular weight is 325 g/mol. The number of aliphatic hydroxyl groups is 1. The van der Waals surface area contributed by atoms with Gasteiger partial charge in [-0.15, -0.1) is 5.10 Å². The van der Waals surface area contributed by atoms with E-state index in [-0.39, 0.29) is 12.7 Å². The average Bonchev–Trinajstić information content (AvgIpc) is 3.07. The molecule has 2 heterocycles. The molecule has 1 fully saturated rings. The Balaban J connectivity index is 1.68. The van der Waals surface area contributed by atoms with E-state index in [1.807, 2.05) is 27.0 Å². The summed E-state index contributed by atoms with van der Waals surface area (Å²) in [6.45, 7) is 9.07. The van der Waals surface area contributed by atoms with Crippen LogP contribution in [0.15, 0.2) is 6.20 Å². The summed E-state index contributed by atoms with van der Waals surface area (Å²) in [7, 11) is 0. The quantitative estimate of drug-likeness (QED) is 0.796. The number of hydrogen-bond donors (Lipinski definition) is 2. The minimum absolute atomic E-state index is 0.0544. The molecule has 0 aliphatic carbocycles. The summed E-state index contributed by atoms with van der Waals surface area (Å²) < 4.78 is 7.02. The van der Waals surface area contributed by atoms with Gasteiger partial charge in [0.05, 0.1) is 18.8 Å². The monoisotopic (exact) mass is 325 g/mol. The third-order valence-corrected chi connectivity index (χ3v) is 3.59. The molecular formula is C15H27N5O3. The van der Waals surface area contributed by atoms with Crippen molar-refractivity contribution in [3.8, 4) is 0 Å². The number of rotatable bonds is 6. The van der Waals surface area contributed by atoms with Crippen LogP contribution in [-0.2, 0) is 17.8 Å². The van der Waals surface area contributed by atoms with Crippen LogP contribution in [0.5, 0.6) is 0 Å². The third kappa shape index (κ3) is 5.80. The van der Waals surface area contributed by atoms with Crippen LogP contribution >= 0.6 is 0 Å². The van der Waals surface area contributed by atoms with Gasteiger partial charge < -0.3 is 20.1 Å². The zero-order valence-electron chi connectivity index (χ0n) is 14.2. The van der Waals surface area contributed by atoms with Crippen molar-refractivity contribution in [2.24, 2.45) is 5.92 Å². The Morgan fingerprint density at radius 1 is 1.52 bits per heavy atom. The van der Waals surface area contributed by atoms with Crippen LogP contribution in [0.2, 0.25) is 0 Å². The molecule has 0 aromatic carbocycles. The van der Waals surface area contributed by atoms with E-state index in [1.165, 1.54) is 0 Å². The Labute approximate surface area is 136 Å². The van der Waals surface area contributed by atoms with Crippen molar-refractivity contribution in [1.29, 1.82) is 0 Å². The van der Waals surface area contributed by atoms with Crippen LogP contribution in [0.4, 0.5) is 4.79 Å². The number of hydrogen-bond acceptors (Lipinski definition) is 6. The zero-order valence-corrected chi connectivity index (χ0v) is 14.2. The molecule has 1 aliphatic rings. The van der Waals surface area contributed by atoms with Crippen molar-refractivity contribution in [3.05, 3.63) is 11.9 Å². The fraction of sp³-hybridized carbons (Fsp3) is 0.800. The largest absolute Gasteiger partial charge is 0.444 e. The molecule has 1 atom stereocenters. The van der Waals surface area contributed by atoms with Crippen LogP contribution in [0, 0.1) is 5.92 Å². The van der Waals surface area contributed by atoms with Gasteiger partial charge >= 0.3 is 6.09 Å². The molecule has 1 aromatic rings. The number of aliphatic hydroxyl groups excluding tert-OH is 1. The molecule has 1 saturated heterocycles. The fourth-order valence-corrected chi connectivity index (χ4v) is 2.53. The molecule has 1 amide bonds. The Morgan fingerprint density at radius 3 is 3.00 bits per heavy atom. The van der Waals surface area contributed by atoms with Crippen LogP contribution in [-0.4, -0.2) is 62.9 Å². The molecule has 8 nitrogen and oxygen atoms in total. The van der Waals surface area contributed by atoms with Crippen LogP contribution in [0.3, 0.4) is 0 Å². The number of nitrogens with one attached hydrogen (secondary N) is 1. The zero-order chi connectivity index (χ0) is 16.9. The molecule has 1 unspecified atom stereocenters. The van der Waals surface area contributed by atoms with E-state index in [2.05, 4.69) is 15.6 Å². The smallest absolute Gasteiger partial charge is 0.410 e. The number of amides is 1. The Bertz CT molecular complexity index is 511. The number of aromatic nitrogens is 3. The lowest BCUT2D eigenvalue weighted by molar-refractivity contribution is 0.0288. The van der Waals surface area contributed by atoms with Crippen molar-refractivity contribution in [2.75, 3.05) is 26.2 Å². The molecule has 0 spiro atoms. The third-order valence-electron chi connectivity index (χ3n) is 3.59.